The van der Waals surface area contributed by atoms with Crippen LogP contribution in [0, 0.1) is 11.8 Å². The predicted molar refractivity (Wildman–Crippen MR) is 58.9 cm³/mol. The van der Waals surface area contributed by atoms with Crippen molar-refractivity contribution in [1.29, 1.82) is 0 Å². The van der Waals surface area contributed by atoms with Crippen molar-refractivity contribution in [2.24, 2.45) is 11.8 Å². The number of hydrogen-bond donors (Lipinski definition) is 1. The van der Waals surface area contributed by atoms with Gasteiger partial charge in [-0.3, -0.25) is 0 Å². The summed E-state index contributed by atoms with van der Waals surface area (Å²) in [6.07, 6.45) is 8.78. The summed E-state index contributed by atoms with van der Waals surface area (Å²) >= 11 is 0. The summed E-state index contributed by atoms with van der Waals surface area (Å²) < 4.78 is 0. The average molecular weight is 183 g/mol. The van der Waals surface area contributed by atoms with Crippen LogP contribution in [0.15, 0.2) is 0 Å². The Balaban J connectivity index is 2.03. The Morgan fingerprint density at radius 1 is 1.00 bits per heavy atom. The lowest BCUT2D eigenvalue weighted by atomic mass is 9.79. The molecule has 0 aliphatic heterocycles. The van der Waals surface area contributed by atoms with Crippen LogP contribution in [0.3, 0.4) is 0 Å². The fraction of sp³-hybridized carbons (Fsp3) is 1.00. The summed E-state index contributed by atoms with van der Waals surface area (Å²) in [5.41, 5.74) is 0. The highest BCUT2D eigenvalue weighted by atomic mass is 14.8. The first-order valence-electron chi connectivity index (χ1n) is 6.07. The molecule has 0 spiro atoms. The van der Waals surface area contributed by atoms with Crippen LogP contribution in [-0.2, 0) is 0 Å². The van der Waals surface area contributed by atoms with Crippen LogP contribution >= 0.6 is 0 Å². The van der Waals surface area contributed by atoms with Gasteiger partial charge in [0.05, 0.1) is 0 Å². The van der Waals surface area contributed by atoms with Crippen molar-refractivity contribution in [3.05, 3.63) is 0 Å². The van der Waals surface area contributed by atoms with Gasteiger partial charge in [0.1, 0.15) is 0 Å². The van der Waals surface area contributed by atoms with Crippen molar-refractivity contribution in [3.8, 4) is 0 Å². The monoisotopic (exact) mass is 183 g/mol. The zero-order chi connectivity index (χ0) is 9.52. The van der Waals surface area contributed by atoms with Crippen LogP contribution in [0.1, 0.15) is 52.4 Å². The molecule has 0 aromatic rings. The van der Waals surface area contributed by atoms with Crippen molar-refractivity contribution in [2.75, 3.05) is 13.1 Å². The van der Waals surface area contributed by atoms with E-state index in [1.807, 2.05) is 0 Å². The van der Waals surface area contributed by atoms with E-state index in [9.17, 15) is 0 Å². The van der Waals surface area contributed by atoms with Gasteiger partial charge < -0.3 is 5.32 Å². The van der Waals surface area contributed by atoms with Gasteiger partial charge in [-0.05, 0) is 31.3 Å². The zero-order valence-electron chi connectivity index (χ0n) is 9.31. The SMILES string of the molecule is CCNCCC1CCC(CC)CC1. The van der Waals surface area contributed by atoms with Crippen molar-refractivity contribution in [1.82, 2.24) is 5.32 Å². The third-order valence-electron chi connectivity index (χ3n) is 3.52. The van der Waals surface area contributed by atoms with Crippen LogP contribution in [0.4, 0.5) is 0 Å². The molecular weight excluding hydrogens is 158 g/mol. The van der Waals surface area contributed by atoms with Crippen molar-refractivity contribution in [2.45, 2.75) is 52.4 Å². The highest BCUT2D eigenvalue weighted by Crippen LogP contribution is 2.31. The Morgan fingerprint density at radius 3 is 2.15 bits per heavy atom. The van der Waals surface area contributed by atoms with Crippen molar-refractivity contribution >= 4 is 0 Å². The van der Waals surface area contributed by atoms with Gasteiger partial charge in [0.15, 0.2) is 0 Å². The van der Waals surface area contributed by atoms with E-state index in [0.29, 0.717) is 0 Å². The van der Waals surface area contributed by atoms with Gasteiger partial charge in [0, 0.05) is 0 Å². The van der Waals surface area contributed by atoms with E-state index >= 15 is 0 Å². The van der Waals surface area contributed by atoms with Gasteiger partial charge in [-0.25, -0.2) is 0 Å². The summed E-state index contributed by atoms with van der Waals surface area (Å²) in [7, 11) is 0. The first-order valence-corrected chi connectivity index (χ1v) is 6.07. The maximum atomic E-state index is 3.42. The summed E-state index contributed by atoms with van der Waals surface area (Å²) in [6, 6.07) is 0. The number of rotatable bonds is 5. The van der Waals surface area contributed by atoms with Gasteiger partial charge >= 0.3 is 0 Å². The number of nitrogens with one attached hydrogen (secondary N) is 1. The summed E-state index contributed by atoms with van der Waals surface area (Å²) in [6.45, 7) is 6.89. The molecule has 0 atom stereocenters. The molecule has 1 aliphatic rings. The second kappa shape index (κ2) is 6.42. The molecule has 1 fully saturated rings. The van der Waals surface area contributed by atoms with E-state index in [-0.39, 0.29) is 0 Å². The quantitative estimate of drug-likeness (QED) is 0.645. The molecule has 0 aromatic carbocycles. The molecule has 78 valence electrons. The lowest BCUT2D eigenvalue weighted by Crippen LogP contribution is -2.20. The molecule has 0 aromatic heterocycles. The summed E-state index contributed by atoms with van der Waals surface area (Å²) in [4.78, 5) is 0. The van der Waals surface area contributed by atoms with Crippen LogP contribution < -0.4 is 5.32 Å². The molecule has 1 rings (SSSR count). The van der Waals surface area contributed by atoms with Gasteiger partial charge in [0.2, 0.25) is 0 Å². The highest BCUT2D eigenvalue weighted by molar-refractivity contribution is 4.72. The Hall–Kier alpha value is -0.0400. The minimum Gasteiger partial charge on any atom is -0.317 e. The molecule has 0 unspecified atom stereocenters. The number of hydrogen-bond acceptors (Lipinski definition) is 1. The maximum absolute atomic E-state index is 3.42. The molecule has 0 saturated heterocycles. The lowest BCUT2D eigenvalue weighted by molar-refractivity contribution is 0.257. The predicted octanol–water partition coefficient (Wildman–Crippen LogP) is 3.20. The van der Waals surface area contributed by atoms with Crippen LogP contribution in [0.5, 0.6) is 0 Å². The fourth-order valence-electron chi connectivity index (χ4n) is 2.41. The first kappa shape index (κ1) is 11.0. The fourth-order valence-corrected chi connectivity index (χ4v) is 2.41. The molecule has 1 N–H and O–H groups in total. The molecule has 1 nitrogen and oxygen atoms in total. The standard InChI is InChI=1S/C12H25N/c1-3-11-5-7-12(8-6-11)9-10-13-4-2/h11-13H,3-10H2,1-2H3. The Morgan fingerprint density at radius 2 is 1.62 bits per heavy atom. The van der Waals surface area contributed by atoms with E-state index in [0.717, 1.165) is 18.4 Å². The van der Waals surface area contributed by atoms with Crippen LogP contribution in [0.25, 0.3) is 0 Å². The van der Waals surface area contributed by atoms with Crippen molar-refractivity contribution < 1.29 is 0 Å². The third kappa shape index (κ3) is 4.12. The van der Waals surface area contributed by atoms with Gasteiger partial charge in [-0.15, -0.1) is 0 Å². The smallest absolute Gasteiger partial charge is 0.00464 e. The van der Waals surface area contributed by atoms with E-state index in [2.05, 4.69) is 19.2 Å². The lowest BCUT2D eigenvalue weighted by Gasteiger charge is -2.27. The zero-order valence-corrected chi connectivity index (χ0v) is 9.31. The highest BCUT2D eigenvalue weighted by Gasteiger charge is 2.18. The van der Waals surface area contributed by atoms with E-state index < -0.39 is 0 Å². The first-order chi connectivity index (χ1) is 6.36. The second-order valence-electron chi connectivity index (χ2n) is 4.44. The topological polar surface area (TPSA) is 12.0 Å². The van der Waals surface area contributed by atoms with Crippen molar-refractivity contribution in [3.63, 3.8) is 0 Å². The summed E-state index contributed by atoms with van der Waals surface area (Å²) in [5, 5.41) is 3.42. The second-order valence-corrected chi connectivity index (χ2v) is 4.44. The molecule has 0 bridgehead atoms. The van der Waals surface area contributed by atoms with Crippen LogP contribution in [0.2, 0.25) is 0 Å². The van der Waals surface area contributed by atoms with Gasteiger partial charge in [-0.2, -0.15) is 0 Å². The maximum Gasteiger partial charge on any atom is -0.00464 e. The Labute approximate surface area is 83.3 Å². The molecule has 0 radical (unpaired) electrons. The minimum atomic E-state index is 1.03. The molecule has 0 heterocycles. The third-order valence-corrected chi connectivity index (χ3v) is 3.52. The summed E-state index contributed by atoms with van der Waals surface area (Å²) in [5.74, 6) is 2.08. The molecule has 0 amide bonds. The average Bonchev–Trinajstić information content (AvgIpc) is 2.19. The Kier molecular flexibility index (Phi) is 5.45. The molecule has 1 aliphatic carbocycles. The molecule has 1 saturated carbocycles. The molecule has 13 heavy (non-hydrogen) atoms. The minimum absolute atomic E-state index is 1.03. The Bertz CT molecular complexity index is 112. The van der Waals surface area contributed by atoms with Gasteiger partial charge in [0.25, 0.3) is 0 Å². The molecular formula is C12H25N. The molecule has 1 heteroatoms. The van der Waals surface area contributed by atoms with Gasteiger partial charge in [-0.1, -0.05) is 46.0 Å². The normalized spacial score (nSPS) is 29.1. The van der Waals surface area contributed by atoms with Crippen LogP contribution in [-0.4, -0.2) is 13.1 Å². The van der Waals surface area contributed by atoms with E-state index in [4.69, 9.17) is 0 Å². The largest absolute Gasteiger partial charge is 0.317 e. The van der Waals surface area contributed by atoms with E-state index in [1.54, 1.807) is 0 Å². The van der Waals surface area contributed by atoms with E-state index in [1.165, 1.54) is 45.1 Å².